The summed E-state index contributed by atoms with van der Waals surface area (Å²) in [4.78, 5) is 22.2. The van der Waals surface area contributed by atoms with Crippen LogP contribution in [0.1, 0.15) is 12.0 Å². The van der Waals surface area contributed by atoms with E-state index in [2.05, 4.69) is 5.32 Å². The van der Waals surface area contributed by atoms with Crippen LogP contribution in [0, 0.1) is 17.7 Å². The molecule has 2 rings (SSSR count). The molecule has 0 aliphatic heterocycles. The highest BCUT2D eigenvalue weighted by molar-refractivity contribution is 5.98. The van der Waals surface area contributed by atoms with Crippen molar-refractivity contribution < 1.29 is 32.3 Å². The topological polar surface area (TPSA) is 66.4 Å². The van der Waals surface area contributed by atoms with Gasteiger partial charge in [-0.1, -0.05) is 0 Å². The maximum Gasteiger partial charge on any atom is 0.419 e. The van der Waals surface area contributed by atoms with Crippen LogP contribution >= 0.6 is 0 Å². The van der Waals surface area contributed by atoms with Crippen LogP contribution < -0.4 is 5.32 Å². The molecule has 0 bridgehead atoms. The highest BCUT2D eigenvalue weighted by Crippen LogP contribution is 2.40. The van der Waals surface area contributed by atoms with Gasteiger partial charge < -0.3 is 10.4 Å². The molecule has 1 saturated carbocycles. The average Bonchev–Trinajstić information content (AvgIpc) is 3.10. The number of rotatable bonds is 3. The van der Waals surface area contributed by atoms with Gasteiger partial charge in [-0.2, -0.15) is 13.2 Å². The molecule has 0 spiro atoms. The van der Waals surface area contributed by atoms with Crippen molar-refractivity contribution in [1.82, 2.24) is 0 Å². The average molecular weight is 291 g/mol. The van der Waals surface area contributed by atoms with Crippen molar-refractivity contribution in [1.29, 1.82) is 0 Å². The predicted octanol–water partition coefficient (Wildman–Crippen LogP) is 2.50. The van der Waals surface area contributed by atoms with E-state index in [9.17, 15) is 27.2 Å². The first-order chi connectivity index (χ1) is 9.20. The van der Waals surface area contributed by atoms with E-state index in [1.54, 1.807) is 0 Å². The third-order valence-corrected chi connectivity index (χ3v) is 2.98. The van der Waals surface area contributed by atoms with Crippen LogP contribution in [0.15, 0.2) is 18.2 Å². The zero-order valence-electron chi connectivity index (χ0n) is 9.87. The number of carbonyl (C=O) groups is 2. The lowest BCUT2D eigenvalue weighted by atomic mass is 10.1. The van der Waals surface area contributed by atoms with Crippen molar-refractivity contribution in [2.24, 2.45) is 11.8 Å². The second-order valence-corrected chi connectivity index (χ2v) is 4.47. The van der Waals surface area contributed by atoms with E-state index in [1.165, 1.54) is 0 Å². The fourth-order valence-corrected chi connectivity index (χ4v) is 1.81. The molecule has 0 saturated heterocycles. The number of nitrogens with one attached hydrogen (secondary N) is 1. The Morgan fingerprint density at radius 1 is 1.25 bits per heavy atom. The van der Waals surface area contributed by atoms with E-state index in [0.717, 1.165) is 6.07 Å². The lowest BCUT2D eigenvalue weighted by Crippen LogP contribution is -2.17. The third kappa shape index (κ3) is 2.89. The number of halogens is 4. The first-order valence-electron chi connectivity index (χ1n) is 5.60. The van der Waals surface area contributed by atoms with Gasteiger partial charge in [0, 0.05) is 5.69 Å². The number of benzene rings is 1. The fourth-order valence-electron chi connectivity index (χ4n) is 1.81. The van der Waals surface area contributed by atoms with Crippen LogP contribution in [0.4, 0.5) is 23.2 Å². The minimum absolute atomic E-state index is 0.147. The van der Waals surface area contributed by atoms with Gasteiger partial charge in [0.05, 0.1) is 17.4 Å². The van der Waals surface area contributed by atoms with E-state index in [-0.39, 0.29) is 12.1 Å². The standard InChI is InChI=1S/C12H9F4NO3/c13-9-2-1-5(3-8(9)12(14,15)16)17-10(18)6-4-7(6)11(19)20/h1-3,6-7H,4H2,(H,17,18)(H,19,20)/t6-,7+/m1/s1. The molecule has 0 heterocycles. The molecule has 108 valence electrons. The van der Waals surface area contributed by atoms with Gasteiger partial charge in [0.1, 0.15) is 5.82 Å². The molecular formula is C12H9F4NO3. The smallest absolute Gasteiger partial charge is 0.419 e. The molecule has 1 fully saturated rings. The molecule has 1 aliphatic rings. The second-order valence-electron chi connectivity index (χ2n) is 4.47. The normalized spacial score (nSPS) is 21.4. The maximum absolute atomic E-state index is 13.0. The SMILES string of the molecule is O=C(O)[C@H]1C[C@H]1C(=O)Nc1ccc(F)c(C(F)(F)F)c1. The molecule has 0 aromatic heterocycles. The van der Waals surface area contributed by atoms with Gasteiger partial charge in [0.25, 0.3) is 0 Å². The van der Waals surface area contributed by atoms with E-state index in [4.69, 9.17) is 5.11 Å². The second kappa shape index (κ2) is 4.77. The number of alkyl halides is 3. The van der Waals surface area contributed by atoms with Crippen molar-refractivity contribution in [3.05, 3.63) is 29.6 Å². The number of hydrogen-bond donors (Lipinski definition) is 2. The number of carboxylic acid groups (broad SMARTS) is 1. The lowest BCUT2D eigenvalue weighted by Gasteiger charge is -2.10. The van der Waals surface area contributed by atoms with Gasteiger partial charge in [0.15, 0.2) is 0 Å². The van der Waals surface area contributed by atoms with Crippen molar-refractivity contribution in [3.63, 3.8) is 0 Å². The Morgan fingerprint density at radius 3 is 2.40 bits per heavy atom. The van der Waals surface area contributed by atoms with Crippen LogP contribution in [0.3, 0.4) is 0 Å². The molecule has 8 heteroatoms. The lowest BCUT2D eigenvalue weighted by molar-refractivity contribution is -0.140. The molecule has 0 radical (unpaired) electrons. The molecule has 1 aliphatic carbocycles. The molecule has 1 aromatic rings. The highest BCUT2D eigenvalue weighted by atomic mass is 19.4. The first kappa shape index (κ1) is 14.3. The summed E-state index contributed by atoms with van der Waals surface area (Å²) >= 11 is 0. The predicted molar refractivity (Wildman–Crippen MR) is 59.3 cm³/mol. The van der Waals surface area contributed by atoms with E-state index in [1.807, 2.05) is 0 Å². The van der Waals surface area contributed by atoms with Crippen LogP contribution in [-0.2, 0) is 15.8 Å². The molecule has 4 nitrogen and oxygen atoms in total. The van der Waals surface area contributed by atoms with Gasteiger partial charge in [-0.3, -0.25) is 9.59 Å². The molecule has 20 heavy (non-hydrogen) atoms. The van der Waals surface area contributed by atoms with Crippen LogP contribution in [0.2, 0.25) is 0 Å². The Bertz CT molecular complexity index is 570. The van der Waals surface area contributed by atoms with Crippen molar-refractivity contribution in [3.8, 4) is 0 Å². The van der Waals surface area contributed by atoms with Gasteiger partial charge in [0.2, 0.25) is 5.91 Å². The van der Waals surface area contributed by atoms with Crippen LogP contribution in [0.25, 0.3) is 0 Å². The summed E-state index contributed by atoms with van der Waals surface area (Å²) in [7, 11) is 0. The molecular weight excluding hydrogens is 282 g/mol. The van der Waals surface area contributed by atoms with E-state index in [0.29, 0.717) is 12.1 Å². The van der Waals surface area contributed by atoms with Crippen molar-refractivity contribution in [2.45, 2.75) is 12.6 Å². The summed E-state index contributed by atoms with van der Waals surface area (Å²) in [5.41, 5.74) is -1.71. The van der Waals surface area contributed by atoms with Gasteiger partial charge in [-0.05, 0) is 24.6 Å². The quantitative estimate of drug-likeness (QED) is 0.841. The first-order valence-corrected chi connectivity index (χ1v) is 5.60. The number of carboxylic acids is 1. The summed E-state index contributed by atoms with van der Waals surface area (Å²) in [6.45, 7) is 0. The zero-order valence-corrected chi connectivity index (χ0v) is 9.87. The van der Waals surface area contributed by atoms with E-state index >= 15 is 0 Å². The Hall–Kier alpha value is -2.12. The number of hydrogen-bond acceptors (Lipinski definition) is 2. The highest BCUT2D eigenvalue weighted by Gasteiger charge is 2.48. The van der Waals surface area contributed by atoms with Crippen LogP contribution in [0.5, 0.6) is 0 Å². The number of carbonyl (C=O) groups excluding carboxylic acids is 1. The largest absolute Gasteiger partial charge is 0.481 e. The van der Waals surface area contributed by atoms with Crippen molar-refractivity contribution in [2.75, 3.05) is 5.32 Å². The molecule has 2 atom stereocenters. The summed E-state index contributed by atoms with van der Waals surface area (Å²) in [5.74, 6) is -4.81. The van der Waals surface area contributed by atoms with Gasteiger partial charge >= 0.3 is 12.1 Å². The van der Waals surface area contributed by atoms with E-state index < -0.39 is 41.3 Å². The number of aliphatic carboxylic acids is 1. The van der Waals surface area contributed by atoms with Gasteiger partial charge in [-0.25, -0.2) is 4.39 Å². The fraction of sp³-hybridized carbons (Fsp3) is 0.333. The zero-order chi connectivity index (χ0) is 15.1. The summed E-state index contributed by atoms with van der Waals surface area (Å²) in [6.07, 6.45) is -4.72. The monoisotopic (exact) mass is 291 g/mol. The van der Waals surface area contributed by atoms with Crippen LogP contribution in [-0.4, -0.2) is 17.0 Å². The Balaban J connectivity index is 2.11. The summed E-state index contributed by atoms with van der Waals surface area (Å²) < 4.78 is 50.5. The van der Waals surface area contributed by atoms with Gasteiger partial charge in [-0.15, -0.1) is 0 Å². The molecule has 0 unspecified atom stereocenters. The summed E-state index contributed by atoms with van der Waals surface area (Å²) in [5, 5.41) is 10.8. The van der Waals surface area contributed by atoms with Crippen molar-refractivity contribution >= 4 is 17.6 Å². The third-order valence-electron chi connectivity index (χ3n) is 2.98. The minimum Gasteiger partial charge on any atom is -0.481 e. The Morgan fingerprint density at radius 2 is 1.90 bits per heavy atom. The molecule has 1 amide bonds. The summed E-state index contributed by atoms with van der Waals surface area (Å²) in [6, 6.07) is 2.06. The maximum atomic E-state index is 13.0. The minimum atomic E-state index is -4.87. The molecule has 1 aromatic carbocycles. The Labute approximate surface area is 110 Å². The molecule has 2 N–H and O–H groups in total. The number of amides is 1. The number of anilines is 1. The Kier molecular flexibility index (Phi) is 3.41.